The summed E-state index contributed by atoms with van der Waals surface area (Å²) in [7, 11) is -1.16. The van der Waals surface area contributed by atoms with Crippen molar-refractivity contribution in [1.82, 2.24) is 0 Å². The molecule has 0 spiro atoms. The van der Waals surface area contributed by atoms with Gasteiger partial charge >= 0.3 is 0 Å². The summed E-state index contributed by atoms with van der Waals surface area (Å²) < 4.78 is 0. The van der Waals surface area contributed by atoms with Gasteiger partial charge in [-0.2, -0.15) is 0 Å². The molecule has 0 nitrogen and oxygen atoms in total. The molecule has 0 N–H and O–H groups in total. The molecule has 0 aromatic carbocycles. The molecule has 0 radical (unpaired) electrons. The van der Waals surface area contributed by atoms with E-state index in [0.717, 1.165) is 0 Å². The maximum atomic E-state index is 2.58. The van der Waals surface area contributed by atoms with Gasteiger partial charge in [0.25, 0.3) is 0 Å². The summed E-state index contributed by atoms with van der Waals surface area (Å²) in [5, 5.41) is 1.24. The second kappa shape index (κ2) is 1.73. The summed E-state index contributed by atoms with van der Waals surface area (Å²) in [5.74, 6) is 0. The summed E-state index contributed by atoms with van der Waals surface area (Å²) >= 11 is 0. The predicted molar refractivity (Wildman–Crippen MR) is 49.0 cm³/mol. The maximum absolute atomic E-state index is 2.58. The summed E-state index contributed by atoms with van der Waals surface area (Å²) in [6, 6.07) is 0. The van der Waals surface area contributed by atoms with Gasteiger partial charge in [-0.25, -0.2) is 0 Å². The molecular formula is C7H18Si2. The van der Waals surface area contributed by atoms with E-state index < -0.39 is 15.2 Å². The van der Waals surface area contributed by atoms with Crippen molar-refractivity contribution in [2.45, 2.75) is 44.7 Å². The average Bonchev–Trinajstić information content (AvgIpc) is 2.00. The minimum absolute atomic E-state index is 0.579. The Labute approximate surface area is 60.5 Å². The topological polar surface area (TPSA) is 0 Å². The molecule has 2 heteroatoms. The van der Waals surface area contributed by atoms with Crippen molar-refractivity contribution < 1.29 is 0 Å². The van der Waals surface area contributed by atoms with Crippen LogP contribution in [0, 0.1) is 0 Å². The standard InChI is InChI=1S/C7H18Si2/c1-6-7-8(2,3)9(7,4)5/h7H,6H2,1-5H3. The Bertz CT molecular complexity index is 113. The number of hydrogen-bond acceptors (Lipinski definition) is 0. The van der Waals surface area contributed by atoms with Gasteiger partial charge in [-0.3, -0.25) is 0 Å². The zero-order valence-corrected chi connectivity index (χ0v) is 9.28. The smallest absolute Gasteiger partial charge is 0.0415 e. The van der Waals surface area contributed by atoms with Crippen molar-refractivity contribution in [1.29, 1.82) is 0 Å². The van der Waals surface area contributed by atoms with Gasteiger partial charge in [-0.15, -0.1) is 0 Å². The summed E-state index contributed by atoms with van der Waals surface area (Å²) in [4.78, 5) is 0. The third-order valence-corrected chi connectivity index (χ3v) is 26.2. The first kappa shape index (κ1) is 7.54. The minimum Gasteiger partial charge on any atom is -0.0713 e. The van der Waals surface area contributed by atoms with E-state index in [1.54, 1.807) is 0 Å². The van der Waals surface area contributed by atoms with Crippen LogP contribution >= 0.6 is 0 Å². The zero-order valence-electron chi connectivity index (χ0n) is 7.28. The fourth-order valence-electron chi connectivity index (χ4n) is 2.35. The second-order valence-corrected chi connectivity index (χ2v) is 21.0. The van der Waals surface area contributed by atoms with Crippen molar-refractivity contribution in [3.8, 4) is 0 Å². The van der Waals surface area contributed by atoms with E-state index in [9.17, 15) is 0 Å². The van der Waals surface area contributed by atoms with Gasteiger partial charge < -0.3 is 0 Å². The van der Waals surface area contributed by atoms with E-state index in [0.29, 0.717) is 0 Å². The molecule has 9 heavy (non-hydrogen) atoms. The van der Waals surface area contributed by atoms with E-state index in [4.69, 9.17) is 0 Å². The Kier molecular flexibility index (Phi) is 1.45. The Morgan fingerprint density at radius 2 is 1.33 bits per heavy atom. The quantitative estimate of drug-likeness (QED) is 0.515. The monoisotopic (exact) mass is 158 g/mol. The third-order valence-electron chi connectivity index (χ3n) is 3.73. The predicted octanol–water partition coefficient (Wildman–Crippen LogP) is 2.81. The molecule has 1 fully saturated rings. The molecule has 0 aromatic rings. The molecule has 0 aromatic heterocycles. The lowest BCUT2D eigenvalue weighted by Gasteiger charge is -2.00. The fraction of sp³-hybridized carbons (Fsp3) is 1.00. The molecule has 1 heterocycles. The Morgan fingerprint density at radius 3 is 1.33 bits per heavy atom. The third kappa shape index (κ3) is 0.760. The van der Waals surface area contributed by atoms with Gasteiger partial charge in [0.15, 0.2) is 0 Å². The lowest BCUT2D eigenvalue weighted by molar-refractivity contribution is 1.02. The molecular weight excluding hydrogens is 140 g/mol. The second-order valence-electron chi connectivity index (χ2n) is 4.40. The van der Waals surface area contributed by atoms with Crippen molar-refractivity contribution in [3.63, 3.8) is 0 Å². The van der Waals surface area contributed by atoms with E-state index in [1.165, 1.54) is 11.6 Å². The highest BCUT2D eigenvalue weighted by Crippen LogP contribution is 2.56. The van der Waals surface area contributed by atoms with Crippen LogP contribution in [0.5, 0.6) is 0 Å². The molecule has 1 saturated heterocycles. The van der Waals surface area contributed by atoms with E-state index in [-0.39, 0.29) is 0 Å². The maximum Gasteiger partial charge on any atom is 0.0415 e. The lowest BCUT2D eigenvalue weighted by atomic mass is 10.6. The van der Waals surface area contributed by atoms with Crippen LogP contribution in [-0.4, -0.2) is 15.2 Å². The van der Waals surface area contributed by atoms with E-state index in [2.05, 4.69) is 33.1 Å². The first-order valence-electron chi connectivity index (χ1n) is 3.94. The van der Waals surface area contributed by atoms with Crippen LogP contribution in [0.1, 0.15) is 13.3 Å². The molecule has 0 amide bonds. The molecule has 1 aliphatic rings. The Hall–Kier alpha value is 0.434. The molecule has 0 saturated carbocycles. The van der Waals surface area contributed by atoms with Crippen LogP contribution in [0.3, 0.4) is 0 Å². The summed E-state index contributed by atoms with van der Waals surface area (Å²) in [6.07, 6.45) is 1.47. The van der Waals surface area contributed by atoms with Crippen molar-refractivity contribution in [2.75, 3.05) is 0 Å². The van der Waals surface area contributed by atoms with Gasteiger partial charge in [-0.1, -0.05) is 44.7 Å². The molecule has 0 aliphatic carbocycles. The van der Waals surface area contributed by atoms with Gasteiger partial charge in [0.2, 0.25) is 0 Å². The van der Waals surface area contributed by atoms with Crippen LogP contribution in [-0.2, 0) is 0 Å². The number of hydrogen-bond donors (Lipinski definition) is 0. The number of rotatable bonds is 1. The molecule has 1 aliphatic heterocycles. The van der Waals surface area contributed by atoms with Crippen molar-refractivity contribution in [2.24, 2.45) is 0 Å². The van der Waals surface area contributed by atoms with Gasteiger partial charge in [-0.05, 0) is 0 Å². The highest BCUT2D eigenvalue weighted by molar-refractivity contribution is 7.59. The van der Waals surface area contributed by atoms with Crippen LogP contribution < -0.4 is 0 Å². The summed E-state index contributed by atoms with van der Waals surface area (Å²) in [6.45, 7) is 12.7. The van der Waals surface area contributed by atoms with E-state index >= 15 is 0 Å². The fourth-order valence-corrected chi connectivity index (χ4v) is 21.5. The first-order valence-corrected chi connectivity index (χ1v) is 11.1. The molecule has 54 valence electrons. The summed E-state index contributed by atoms with van der Waals surface area (Å²) in [5.41, 5.74) is 0. The normalized spacial score (nSPS) is 30.3. The van der Waals surface area contributed by atoms with Gasteiger partial charge in [0.1, 0.15) is 0 Å². The molecule has 0 atom stereocenters. The van der Waals surface area contributed by atoms with Crippen LogP contribution in [0.4, 0.5) is 0 Å². The van der Waals surface area contributed by atoms with Crippen LogP contribution in [0.15, 0.2) is 0 Å². The van der Waals surface area contributed by atoms with Crippen molar-refractivity contribution in [3.05, 3.63) is 0 Å². The molecule has 0 bridgehead atoms. The largest absolute Gasteiger partial charge is 0.0713 e. The SMILES string of the molecule is CCC1[Si](C)(C)[Si]1(C)C. The van der Waals surface area contributed by atoms with Gasteiger partial charge in [0, 0.05) is 15.2 Å². The van der Waals surface area contributed by atoms with Gasteiger partial charge in [0.05, 0.1) is 0 Å². The molecule has 1 rings (SSSR count). The highest BCUT2D eigenvalue weighted by Gasteiger charge is 2.66. The van der Waals surface area contributed by atoms with Crippen molar-refractivity contribution >= 4 is 15.2 Å². The lowest BCUT2D eigenvalue weighted by Crippen LogP contribution is -2.21. The first-order chi connectivity index (χ1) is 3.94. The van der Waals surface area contributed by atoms with Crippen LogP contribution in [0.25, 0.3) is 0 Å². The zero-order chi connectivity index (χ0) is 7.28. The average molecular weight is 158 g/mol. The Balaban J connectivity index is 2.66. The minimum atomic E-state index is -0.579. The van der Waals surface area contributed by atoms with E-state index in [1.807, 2.05) is 0 Å². The highest BCUT2D eigenvalue weighted by atomic mass is 29.3. The van der Waals surface area contributed by atoms with Crippen LogP contribution in [0.2, 0.25) is 31.4 Å². The molecule has 0 unspecified atom stereocenters. The Morgan fingerprint density at radius 1 is 1.00 bits per heavy atom.